The maximum absolute atomic E-state index is 6.17. The second-order valence-electron chi connectivity index (χ2n) is 3.98. The highest BCUT2D eigenvalue weighted by molar-refractivity contribution is 6.36. The lowest BCUT2D eigenvalue weighted by Crippen LogP contribution is -2.40. The molecule has 0 aliphatic carbocycles. The van der Waals surface area contributed by atoms with Crippen LogP contribution in [0.2, 0.25) is 10.0 Å². The molecular weight excluding hydrogens is 257 g/mol. The number of rotatable bonds is 6. The Balaban J connectivity index is 2.87. The first-order chi connectivity index (χ1) is 8.13. The Bertz CT molecular complexity index is 333. The average molecular weight is 276 g/mol. The van der Waals surface area contributed by atoms with Crippen LogP contribution >= 0.6 is 23.2 Å². The van der Waals surface area contributed by atoms with Gasteiger partial charge in [-0.3, -0.25) is 0 Å². The molecule has 1 N–H and O–H groups in total. The lowest BCUT2D eigenvalue weighted by molar-refractivity contribution is 0.0678. The molecule has 0 saturated carbocycles. The highest BCUT2D eigenvalue weighted by atomic mass is 35.5. The first kappa shape index (κ1) is 14.8. The number of ether oxygens (including phenoxy) is 1. The maximum Gasteiger partial charge on any atom is 0.0724 e. The van der Waals surface area contributed by atoms with Gasteiger partial charge in [0, 0.05) is 23.2 Å². The molecule has 17 heavy (non-hydrogen) atoms. The number of benzene rings is 1. The van der Waals surface area contributed by atoms with Crippen LogP contribution in [0.15, 0.2) is 18.2 Å². The normalized spacial score (nSPS) is 14.6. The van der Waals surface area contributed by atoms with Gasteiger partial charge in [0.2, 0.25) is 0 Å². The monoisotopic (exact) mass is 275 g/mol. The molecule has 1 aromatic rings. The van der Waals surface area contributed by atoms with Gasteiger partial charge in [-0.1, -0.05) is 36.2 Å². The van der Waals surface area contributed by atoms with Gasteiger partial charge in [0.05, 0.1) is 6.10 Å². The highest BCUT2D eigenvalue weighted by Gasteiger charge is 2.20. The molecule has 0 amide bonds. The average Bonchev–Trinajstić information content (AvgIpc) is 2.33. The molecule has 0 aliphatic rings. The molecule has 0 fully saturated rings. The second-order valence-corrected chi connectivity index (χ2v) is 4.80. The molecule has 0 bridgehead atoms. The maximum atomic E-state index is 6.17. The molecule has 2 nitrogen and oxygen atoms in total. The molecule has 4 heteroatoms. The summed E-state index contributed by atoms with van der Waals surface area (Å²) in [6.07, 6.45) is 1.87. The summed E-state index contributed by atoms with van der Waals surface area (Å²) in [7, 11) is 3.66. The molecule has 0 radical (unpaired) electrons. The van der Waals surface area contributed by atoms with Gasteiger partial charge in [0.25, 0.3) is 0 Å². The van der Waals surface area contributed by atoms with Crippen molar-refractivity contribution < 1.29 is 4.74 Å². The molecule has 0 heterocycles. The van der Waals surface area contributed by atoms with Crippen LogP contribution in [0.4, 0.5) is 0 Å². The van der Waals surface area contributed by atoms with E-state index in [0.717, 1.165) is 18.4 Å². The minimum Gasteiger partial charge on any atom is -0.380 e. The number of hydrogen-bond donors (Lipinski definition) is 1. The SMILES string of the molecule is CCC(OC)C(Cc1c(Cl)cccc1Cl)NC. The van der Waals surface area contributed by atoms with Crippen molar-refractivity contribution in [2.75, 3.05) is 14.2 Å². The topological polar surface area (TPSA) is 21.3 Å². The number of methoxy groups -OCH3 is 1. The van der Waals surface area contributed by atoms with Gasteiger partial charge in [0.15, 0.2) is 0 Å². The number of likely N-dealkylation sites (N-methyl/N-ethyl adjacent to an activating group) is 1. The van der Waals surface area contributed by atoms with E-state index in [4.69, 9.17) is 27.9 Å². The summed E-state index contributed by atoms with van der Waals surface area (Å²) in [5.74, 6) is 0. The molecule has 2 unspecified atom stereocenters. The Kier molecular flexibility index (Phi) is 6.28. The minimum atomic E-state index is 0.160. The van der Waals surface area contributed by atoms with Crippen molar-refractivity contribution in [3.63, 3.8) is 0 Å². The van der Waals surface area contributed by atoms with Gasteiger partial charge in [0.1, 0.15) is 0 Å². The third kappa shape index (κ3) is 3.85. The molecule has 1 aromatic carbocycles. The zero-order valence-electron chi connectivity index (χ0n) is 10.5. The van der Waals surface area contributed by atoms with E-state index in [1.165, 1.54) is 0 Å². The summed E-state index contributed by atoms with van der Waals surface area (Å²) in [4.78, 5) is 0. The predicted octanol–water partition coefficient (Wildman–Crippen LogP) is 3.55. The molecule has 0 aromatic heterocycles. The van der Waals surface area contributed by atoms with Crippen molar-refractivity contribution in [1.82, 2.24) is 5.32 Å². The van der Waals surface area contributed by atoms with Crippen LogP contribution in [0.25, 0.3) is 0 Å². The first-order valence-electron chi connectivity index (χ1n) is 5.77. The van der Waals surface area contributed by atoms with Crippen LogP contribution in [-0.2, 0) is 11.2 Å². The van der Waals surface area contributed by atoms with E-state index in [1.54, 1.807) is 7.11 Å². The summed E-state index contributed by atoms with van der Waals surface area (Å²) in [6.45, 7) is 2.10. The molecular formula is C13H19Cl2NO. The molecule has 0 spiro atoms. The molecule has 0 aliphatic heterocycles. The van der Waals surface area contributed by atoms with E-state index in [1.807, 2.05) is 25.2 Å². The fourth-order valence-electron chi connectivity index (χ4n) is 1.98. The van der Waals surface area contributed by atoms with Gasteiger partial charge in [-0.15, -0.1) is 0 Å². The fraction of sp³-hybridized carbons (Fsp3) is 0.538. The predicted molar refractivity (Wildman–Crippen MR) is 74.1 cm³/mol. The van der Waals surface area contributed by atoms with Crippen LogP contribution in [0, 0.1) is 0 Å². The van der Waals surface area contributed by atoms with Crippen molar-refractivity contribution >= 4 is 23.2 Å². The summed E-state index contributed by atoms with van der Waals surface area (Å²) in [6, 6.07) is 5.80. The van der Waals surface area contributed by atoms with E-state index in [2.05, 4.69) is 12.2 Å². The zero-order chi connectivity index (χ0) is 12.8. The van der Waals surface area contributed by atoms with Crippen LogP contribution < -0.4 is 5.32 Å². The van der Waals surface area contributed by atoms with E-state index in [0.29, 0.717) is 10.0 Å². The lowest BCUT2D eigenvalue weighted by Gasteiger charge is -2.25. The van der Waals surface area contributed by atoms with Gasteiger partial charge in [-0.25, -0.2) is 0 Å². The van der Waals surface area contributed by atoms with Crippen molar-refractivity contribution in [2.45, 2.75) is 31.9 Å². The fourth-order valence-corrected chi connectivity index (χ4v) is 2.53. The summed E-state index contributed by atoms with van der Waals surface area (Å²) >= 11 is 12.3. The number of nitrogens with one attached hydrogen (secondary N) is 1. The van der Waals surface area contributed by atoms with E-state index in [-0.39, 0.29) is 12.1 Å². The molecule has 2 atom stereocenters. The van der Waals surface area contributed by atoms with Crippen molar-refractivity contribution in [3.8, 4) is 0 Å². The summed E-state index contributed by atoms with van der Waals surface area (Å²) in [5.41, 5.74) is 0.977. The third-order valence-electron chi connectivity index (χ3n) is 3.01. The second kappa shape index (κ2) is 7.22. The standard InChI is InChI=1S/C13H19Cl2NO/c1-4-13(17-3)12(16-2)8-9-10(14)6-5-7-11(9)15/h5-7,12-13,16H,4,8H2,1-3H3. The largest absolute Gasteiger partial charge is 0.380 e. The Morgan fingerprint density at radius 3 is 2.29 bits per heavy atom. The summed E-state index contributed by atoms with van der Waals surface area (Å²) < 4.78 is 5.46. The van der Waals surface area contributed by atoms with E-state index in [9.17, 15) is 0 Å². The Hall–Kier alpha value is -0.280. The van der Waals surface area contributed by atoms with Gasteiger partial charge in [-0.05, 0) is 37.6 Å². The molecule has 1 rings (SSSR count). The Labute approximate surface area is 113 Å². The van der Waals surface area contributed by atoms with Gasteiger partial charge in [-0.2, -0.15) is 0 Å². The van der Waals surface area contributed by atoms with Crippen molar-refractivity contribution in [3.05, 3.63) is 33.8 Å². The smallest absolute Gasteiger partial charge is 0.0724 e. The van der Waals surface area contributed by atoms with Crippen molar-refractivity contribution in [2.24, 2.45) is 0 Å². The van der Waals surface area contributed by atoms with Gasteiger partial charge >= 0.3 is 0 Å². The Morgan fingerprint density at radius 2 is 1.88 bits per heavy atom. The zero-order valence-corrected chi connectivity index (χ0v) is 12.0. The minimum absolute atomic E-state index is 0.160. The Morgan fingerprint density at radius 1 is 1.29 bits per heavy atom. The number of hydrogen-bond acceptors (Lipinski definition) is 2. The van der Waals surface area contributed by atoms with E-state index < -0.39 is 0 Å². The highest BCUT2D eigenvalue weighted by Crippen LogP contribution is 2.26. The van der Waals surface area contributed by atoms with Crippen LogP contribution in [0.3, 0.4) is 0 Å². The van der Waals surface area contributed by atoms with Crippen LogP contribution in [0.5, 0.6) is 0 Å². The lowest BCUT2D eigenvalue weighted by atomic mass is 9.99. The molecule has 96 valence electrons. The summed E-state index contributed by atoms with van der Waals surface area (Å²) in [5, 5.41) is 4.69. The quantitative estimate of drug-likeness (QED) is 0.858. The molecule has 0 saturated heterocycles. The third-order valence-corrected chi connectivity index (χ3v) is 3.72. The van der Waals surface area contributed by atoms with Crippen LogP contribution in [0.1, 0.15) is 18.9 Å². The van der Waals surface area contributed by atoms with E-state index >= 15 is 0 Å². The number of halogens is 2. The van der Waals surface area contributed by atoms with Gasteiger partial charge < -0.3 is 10.1 Å². The van der Waals surface area contributed by atoms with Crippen molar-refractivity contribution in [1.29, 1.82) is 0 Å². The van der Waals surface area contributed by atoms with Crippen LogP contribution in [-0.4, -0.2) is 26.3 Å². The first-order valence-corrected chi connectivity index (χ1v) is 6.52.